The van der Waals surface area contributed by atoms with Gasteiger partial charge >= 0.3 is 0 Å². The molecule has 0 aliphatic carbocycles. The van der Waals surface area contributed by atoms with Crippen molar-refractivity contribution >= 4 is 12.1 Å². The highest BCUT2D eigenvalue weighted by Crippen LogP contribution is 2.19. The number of nitrogens with zero attached hydrogens (tertiary/aromatic N) is 2. The third kappa shape index (κ3) is 2.60. The molecule has 0 unspecified atom stereocenters. The molecule has 0 atom stereocenters. The van der Waals surface area contributed by atoms with Crippen LogP contribution in [-0.4, -0.2) is 16.3 Å². The van der Waals surface area contributed by atoms with Crippen molar-refractivity contribution in [3.8, 4) is 11.4 Å². The van der Waals surface area contributed by atoms with E-state index in [-0.39, 0.29) is 0 Å². The van der Waals surface area contributed by atoms with Gasteiger partial charge in [0.15, 0.2) is 5.82 Å². The highest BCUT2D eigenvalue weighted by atomic mass is 19.1. The number of carbonyl (C=O) groups excluding carboxylic acids is 1. The number of aromatic nitrogens is 2. The van der Waals surface area contributed by atoms with Crippen LogP contribution in [-0.2, 0) is 4.79 Å². The maximum atomic E-state index is 13.3. The van der Waals surface area contributed by atoms with Gasteiger partial charge in [-0.25, -0.2) is 14.4 Å². The first-order chi connectivity index (χ1) is 8.31. The zero-order chi connectivity index (χ0) is 12.1. The van der Waals surface area contributed by atoms with Crippen LogP contribution in [0.2, 0.25) is 0 Å². The van der Waals surface area contributed by atoms with Gasteiger partial charge in [-0.15, -0.1) is 0 Å². The average Bonchev–Trinajstić information content (AvgIpc) is 2.40. The highest BCUT2D eigenvalue weighted by Gasteiger charge is 2.02. The topological polar surface area (TPSA) is 42.9 Å². The predicted octanol–water partition coefficient (Wildman–Crippen LogP) is 2.65. The molecule has 0 saturated heterocycles. The first-order valence-electron chi connectivity index (χ1n) is 5.00. The standard InChI is InChI=1S/C13H9FN2O/c14-12(6-9-17)10-2-4-11(5-3-10)13-15-7-1-8-16-13/h1-9H/b12-6-. The van der Waals surface area contributed by atoms with E-state index in [9.17, 15) is 9.18 Å². The van der Waals surface area contributed by atoms with E-state index in [1.54, 1.807) is 42.7 Å². The summed E-state index contributed by atoms with van der Waals surface area (Å²) in [5, 5.41) is 0. The van der Waals surface area contributed by atoms with E-state index in [1.807, 2.05) is 0 Å². The van der Waals surface area contributed by atoms with Crippen LogP contribution >= 0.6 is 0 Å². The SMILES string of the molecule is O=C/C=C(\F)c1ccc(-c2ncccn2)cc1. The van der Waals surface area contributed by atoms with E-state index in [4.69, 9.17) is 0 Å². The second-order valence-corrected chi connectivity index (χ2v) is 3.30. The Bertz CT molecular complexity index is 535. The Morgan fingerprint density at radius 2 is 1.76 bits per heavy atom. The van der Waals surface area contributed by atoms with Gasteiger partial charge in [0, 0.05) is 29.6 Å². The lowest BCUT2D eigenvalue weighted by molar-refractivity contribution is -0.104. The molecule has 1 aromatic carbocycles. The van der Waals surface area contributed by atoms with Gasteiger partial charge in [0.05, 0.1) is 0 Å². The molecule has 84 valence electrons. The number of halogens is 1. The monoisotopic (exact) mass is 228 g/mol. The third-order valence-electron chi connectivity index (χ3n) is 2.20. The van der Waals surface area contributed by atoms with Crippen LogP contribution in [0.5, 0.6) is 0 Å². The molecule has 0 aliphatic rings. The van der Waals surface area contributed by atoms with Gasteiger partial charge in [-0.1, -0.05) is 24.3 Å². The number of hydrogen-bond acceptors (Lipinski definition) is 3. The smallest absolute Gasteiger partial charge is 0.159 e. The summed E-state index contributed by atoms with van der Waals surface area (Å²) in [6.07, 6.45) is 4.59. The lowest BCUT2D eigenvalue weighted by Gasteiger charge is -2.00. The fourth-order valence-electron chi connectivity index (χ4n) is 1.38. The summed E-state index contributed by atoms with van der Waals surface area (Å²) < 4.78 is 13.3. The van der Waals surface area contributed by atoms with E-state index in [0.29, 0.717) is 17.7 Å². The fraction of sp³-hybridized carbons (Fsp3) is 0. The number of hydrogen-bond donors (Lipinski definition) is 0. The van der Waals surface area contributed by atoms with Gasteiger partial charge in [-0.3, -0.25) is 4.79 Å². The Balaban J connectivity index is 2.31. The average molecular weight is 228 g/mol. The zero-order valence-corrected chi connectivity index (χ0v) is 8.88. The summed E-state index contributed by atoms with van der Waals surface area (Å²) in [5.41, 5.74) is 1.16. The van der Waals surface area contributed by atoms with Gasteiger partial charge in [-0.05, 0) is 6.07 Å². The van der Waals surface area contributed by atoms with E-state index in [2.05, 4.69) is 9.97 Å². The first kappa shape index (κ1) is 11.1. The Kier molecular flexibility index (Phi) is 3.35. The van der Waals surface area contributed by atoms with Gasteiger partial charge in [0.1, 0.15) is 12.1 Å². The molecule has 0 aliphatic heterocycles. The van der Waals surface area contributed by atoms with Crippen molar-refractivity contribution in [1.29, 1.82) is 0 Å². The number of benzene rings is 1. The zero-order valence-electron chi connectivity index (χ0n) is 8.88. The summed E-state index contributed by atoms with van der Waals surface area (Å²) in [5.74, 6) is 0.0272. The van der Waals surface area contributed by atoms with Gasteiger partial charge in [-0.2, -0.15) is 0 Å². The van der Waals surface area contributed by atoms with Crippen molar-refractivity contribution in [1.82, 2.24) is 9.97 Å². The summed E-state index contributed by atoms with van der Waals surface area (Å²) in [4.78, 5) is 18.3. The molecule has 3 nitrogen and oxygen atoms in total. The first-order valence-corrected chi connectivity index (χ1v) is 5.00. The number of aldehydes is 1. The molecule has 2 rings (SSSR count). The van der Waals surface area contributed by atoms with Crippen LogP contribution in [0.15, 0.2) is 48.8 Å². The highest BCUT2D eigenvalue weighted by molar-refractivity contribution is 5.78. The quantitative estimate of drug-likeness (QED) is 0.599. The maximum Gasteiger partial charge on any atom is 0.159 e. The second kappa shape index (κ2) is 5.12. The molecule has 0 N–H and O–H groups in total. The molecule has 1 aromatic heterocycles. The molecule has 0 radical (unpaired) electrons. The number of carbonyl (C=O) groups is 1. The molecule has 0 saturated carbocycles. The van der Waals surface area contributed by atoms with Crippen LogP contribution in [0.1, 0.15) is 5.56 Å². The van der Waals surface area contributed by atoms with Crippen molar-refractivity contribution < 1.29 is 9.18 Å². The molecule has 4 heteroatoms. The molecule has 1 heterocycles. The van der Waals surface area contributed by atoms with Crippen molar-refractivity contribution in [2.45, 2.75) is 0 Å². The normalized spacial score (nSPS) is 11.2. The van der Waals surface area contributed by atoms with Crippen molar-refractivity contribution in [3.05, 3.63) is 54.4 Å². The van der Waals surface area contributed by atoms with E-state index in [1.165, 1.54) is 0 Å². The summed E-state index contributed by atoms with van der Waals surface area (Å²) in [6.45, 7) is 0. The molecule has 0 spiro atoms. The van der Waals surface area contributed by atoms with Gasteiger partial charge < -0.3 is 0 Å². The minimum absolute atomic E-state index is 0.358. The van der Waals surface area contributed by atoms with Crippen molar-refractivity contribution in [2.24, 2.45) is 0 Å². The largest absolute Gasteiger partial charge is 0.298 e. The van der Waals surface area contributed by atoms with Crippen LogP contribution in [0, 0.1) is 0 Å². The summed E-state index contributed by atoms with van der Waals surface area (Å²) in [7, 11) is 0. The van der Waals surface area contributed by atoms with E-state index in [0.717, 1.165) is 11.6 Å². The van der Waals surface area contributed by atoms with Gasteiger partial charge in [0.25, 0.3) is 0 Å². The predicted molar refractivity (Wildman–Crippen MR) is 62.6 cm³/mol. The molecule has 0 bridgehead atoms. The Morgan fingerprint density at radius 3 is 2.35 bits per heavy atom. The van der Waals surface area contributed by atoms with Crippen molar-refractivity contribution in [2.75, 3.05) is 0 Å². The maximum absolute atomic E-state index is 13.3. The number of allylic oxidation sites excluding steroid dienone is 1. The Morgan fingerprint density at radius 1 is 1.12 bits per heavy atom. The third-order valence-corrected chi connectivity index (χ3v) is 2.20. The Labute approximate surface area is 97.7 Å². The van der Waals surface area contributed by atoms with E-state index < -0.39 is 5.83 Å². The van der Waals surface area contributed by atoms with Crippen molar-refractivity contribution in [3.63, 3.8) is 0 Å². The van der Waals surface area contributed by atoms with Crippen LogP contribution in [0.3, 0.4) is 0 Å². The fourth-order valence-corrected chi connectivity index (χ4v) is 1.38. The second-order valence-electron chi connectivity index (χ2n) is 3.30. The van der Waals surface area contributed by atoms with Crippen LogP contribution < -0.4 is 0 Å². The molecular formula is C13H9FN2O. The molecular weight excluding hydrogens is 219 g/mol. The summed E-state index contributed by atoms with van der Waals surface area (Å²) in [6, 6.07) is 8.32. The van der Waals surface area contributed by atoms with Crippen LogP contribution in [0.25, 0.3) is 17.2 Å². The lowest BCUT2D eigenvalue weighted by Crippen LogP contribution is -1.87. The molecule has 17 heavy (non-hydrogen) atoms. The lowest BCUT2D eigenvalue weighted by atomic mass is 10.1. The summed E-state index contributed by atoms with van der Waals surface area (Å²) >= 11 is 0. The molecule has 0 amide bonds. The number of rotatable bonds is 3. The van der Waals surface area contributed by atoms with Crippen LogP contribution in [0.4, 0.5) is 4.39 Å². The minimum atomic E-state index is -0.555. The van der Waals surface area contributed by atoms with E-state index >= 15 is 0 Å². The minimum Gasteiger partial charge on any atom is -0.298 e. The van der Waals surface area contributed by atoms with Gasteiger partial charge in [0.2, 0.25) is 0 Å². The molecule has 0 fully saturated rings. The Hall–Kier alpha value is -2.36. The molecule has 2 aromatic rings.